The first kappa shape index (κ1) is 13.7. The van der Waals surface area contributed by atoms with Gasteiger partial charge >= 0.3 is 0 Å². The minimum Gasteiger partial charge on any atom is -0.486 e. The Kier molecular flexibility index (Phi) is 3.36. The van der Waals surface area contributed by atoms with Gasteiger partial charge in [0.1, 0.15) is 13.2 Å². The van der Waals surface area contributed by atoms with Crippen molar-refractivity contribution in [2.45, 2.75) is 6.54 Å². The molecule has 0 unspecified atom stereocenters. The van der Waals surface area contributed by atoms with Crippen LogP contribution < -0.4 is 9.47 Å². The summed E-state index contributed by atoms with van der Waals surface area (Å²) in [7, 11) is 0. The molecule has 1 aliphatic rings. The van der Waals surface area contributed by atoms with Crippen molar-refractivity contribution in [2.24, 2.45) is 0 Å². The van der Waals surface area contributed by atoms with E-state index in [1.807, 2.05) is 28.8 Å². The van der Waals surface area contributed by atoms with Gasteiger partial charge in [0.25, 0.3) is 0 Å². The standard InChI is InChI=1S/C16H12Cl2N2O2/c17-11-2-1-10(5-12(11)18)8-20-9-19-13-6-15-16(7-14(13)20)22-4-3-21-15/h1-2,5-7,9H,3-4,8H2. The van der Waals surface area contributed by atoms with Crippen LogP contribution in [0.2, 0.25) is 10.0 Å². The first-order valence-electron chi connectivity index (χ1n) is 6.89. The zero-order valence-corrected chi connectivity index (χ0v) is 13.1. The maximum Gasteiger partial charge on any atom is 0.163 e. The third kappa shape index (κ3) is 2.38. The van der Waals surface area contributed by atoms with Gasteiger partial charge in [-0.3, -0.25) is 0 Å². The molecule has 22 heavy (non-hydrogen) atoms. The third-order valence-electron chi connectivity index (χ3n) is 3.62. The number of rotatable bonds is 2. The highest BCUT2D eigenvalue weighted by Crippen LogP contribution is 2.34. The van der Waals surface area contributed by atoms with Crippen LogP contribution in [0.4, 0.5) is 0 Å². The maximum absolute atomic E-state index is 6.07. The van der Waals surface area contributed by atoms with Crippen LogP contribution in [0.3, 0.4) is 0 Å². The molecule has 0 spiro atoms. The molecule has 1 aliphatic heterocycles. The van der Waals surface area contributed by atoms with E-state index >= 15 is 0 Å². The summed E-state index contributed by atoms with van der Waals surface area (Å²) in [6.45, 7) is 1.80. The quantitative estimate of drug-likeness (QED) is 0.705. The fourth-order valence-corrected chi connectivity index (χ4v) is 2.88. The second-order valence-electron chi connectivity index (χ2n) is 5.11. The first-order chi connectivity index (χ1) is 10.7. The van der Waals surface area contributed by atoms with Gasteiger partial charge in [0.2, 0.25) is 0 Å². The van der Waals surface area contributed by atoms with E-state index in [4.69, 9.17) is 32.7 Å². The van der Waals surface area contributed by atoms with Crippen LogP contribution in [0.1, 0.15) is 5.56 Å². The second-order valence-corrected chi connectivity index (χ2v) is 5.92. The number of ether oxygens (including phenoxy) is 2. The van der Waals surface area contributed by atoms with Crippen molar-refractivity contribution < 1.29 is 9.47 Å². The summed E-state index contributed by atoms with van der Waals surface area (Å²) in [4.78, 5) is 4.43. The third-order valence-corrected chi connectivity index (χ3v) is 4.36. The topological polar surface area (TPSA) is 36.3 Å². The Labute approximate surface area is 137 Å². The number of aromatic nitrogens is 2. The lowest BCUT2D eigenvalue weighted by molar-refractivity contribution is 0.172. The van der Waals surface area contributed by atoms with Crippen molar-refractivity contribution in [3.63, 3.8) is 0 Å². The lowest BCUT2D eigenvalue weighted by Crippen LogP contribution is -2.15. The van der Waals surface area contributed by atoms with Crippen LogP contribution in [-0.2, 0) is 6.54 Å². The molecule has 0 saturated heterocycles. The molecule has 6 heteroatoms. The molecular formula is C16H12Cl2N2O2. The number of nitrogens with zero attached hydrogens (tertiary/aromatic N) is 2. The van der Waals surface area contributed by atoms with Crippen LogP contribution in [0, 0.1) is 0 Å². The van der Waals surface area contributed by atoms with Crippen molar-refractivity contribution in [1.82, 2.24) is 9.55 Å². The summed E-state index contributed by atoms with van der Waals surface area (Å²) in [6.07, 6.45) is 1.80. The van der Waals surface area contributed by atoms with E-state index in [0.717, 1.165) is 28.1 Å². The van der Waals surface area contributed by atoms with Crippen LogP contribution in [-0.4, -0.2) is 22.8 Å². The summed E-state index contributed by atoms with van der Waals surface area (Å²) >= 11 is 12.0. The largest absolute Gasteiger partial charge is 0.486 e. The van der Waals surface area contributed by atoms with E-state index in [0.29, 0.717) is 29.8 Å². The van der Waals surface area contributed by atoms with Gasteiger partial charge in [-0.05, 0) is 17.7 Å². The molecule has 1 aromatic heterocycles. The lowest BCUT2D eigenvalue weighted by Gasteiger charge is -2.18. The van der Waals surface area contributed by atoms with E-state index in [-0.39, 0.29) is 0 Å². The van der Waals surface area contributed by atoms with E-state index in [2.05, 4.69) is 4.98 Å². The summed E-state index contributed by atoms with van der Waals surface area (Å²) < 4.78 is 13.3. The van der Waals surface area contributed by atoms with Crippen molar-refractivity contribution in [1.29, 1.82) is 0 Å². The first-order valence-corrected chi connectivity index (χ1v) is 7.65. The summed E-state index contributed by atoms with van der Waals surface area (Å²) in [5, 5.41) is 1.11. The summed E-state index contributed by atoms with van der Waals surface area (Å²) in [5.74, 6) is 1.51. The summed E-state index contributed by atoms with van der Waals surface area (Å²) in [6, 6.07) is 9.51. The van der Waals surface area contributed by atoms with Crippen LogP contribution in [0.5, 0.6) is 11.5 Å². The highest BCUT2D eigenvalue weighted by molar-refractivity contribution is 6.42. The lowest BCUT2D eigenvalue weighted by atomic mass is 10.2. The van der Waals surface area contributed by atoms with Crippen molar-refractivity contribution in [3.8, 4) is 11.5 Å². The Morgan fingerprint density at radius 2 is 1.77 bits per heavy atom. The van der Waals surface area contributed by atoms with E-state index in [1.165, 1.54) is 0 Å². The maximum atomic E-state index is 6.07. The number of hydrogen-bond donors (Lipinski definition) is 0. The zero-order valence-electron chi connectivity index (χ0n) is 11.6. The van der Waals surface area contributed by atoms with Gasteiger partial charge in [-0.1, -0.05) is 29.3 Å². The van der Waals surface area contributed by atoms with Crippen LogP contribution in [0.25, 0.3) is 11.0 Å². The van der Waals surface area contributed by atoms with Gasteiger partial charge in [-0.2, -0.15) is 0 Å². The van der Waals surface area contributed by atoms with Crippen molar-refractivity contribution in [2.75, 3.05) is 13.2 Å². The highest BCUT2D eigenvalue weighted by atomic mass is 35.5. The molecule has 0 radical (unpaired) electrons. The molecule has 112 valence electrons. The zero-order chi connectivity index (χ0) is 15.1. The smallest absolute Gasteiger partial charge is 0.163 e. The summed E-state index contributed by atoms with van der Waals surface area (Å²) in [5.41, 5.74) is 2.93. The predicted octanol–water partition coefficient (Wildman–Crippen LogP) is 4.16. The number of halogens is 2. The molecule has 4 nitrogen and oxygen atoms in total. The number of fused-ring (bicyclic) bond motifs is 2. The Morgan fingerprint density at radius 3 is 2.55 bits per heavy atom. The van der Waals surface area contributed by atoms with E-state index < -0.39 is 0 Å². The minimum atomic E-state index is 0.553. The molecular weight excluding hydrogens is 323 g/mol. The van der Waals surface area contributed by atoms with E-state index in [9.17, 15) is 0 Å². The molecule has 0 N–H and O–H groups in total. The SMILES string of the molecule is Clc1ccc(Cn2cnc3cc4c(cc32)OCCO4)cc1Cl. The van der Waals surface area contributed by atoms with Crippen molar-refractivity contribution >= 4 is 34.2 Å². The Bertz CT molecular complexity index is 861. The fourth-order valence-electron chi connectivity index (χ4n) is 2.56. The van der Waals surface area contributed by atoms with Gasteiger partial charge in [-0.15, -0.1) is 0 Å². The highest BCUT2D eigenvalue weighted by Gasteiger charge is 2.15. The molecule has 0 aliphatic carbocycles. The van der Waals surface area contributed by atoms with Crippen molar-refractivity contribution in [3.05, 3.63) is 52.3 Å². The monoisotopic (exact) mass is 334 g/mol. The molecule has 3 aromatic rings. The normalized spacial score (nSPS) is 13.5. The molecule has 0 bridgehead atoms. The average molecular weight is 335 g/mol. The number of hydrogen-bond acceptors (Lipinski definition) is 3. The molecule has 0 amide bonds. The van der Waals surface area contributed by atoms with Gasteiger partial charge in [-0.25, -0.2) is 4.98 Å². The Morgan fingerprint density at radius 1 is 1.00 bits per heavy atom. The molecule has 0 atom stereocenters. The van der Waals surface area contributed by atoms with Crippen LogP contribution >= 0.6 is 23.2 Å². The minimum absolute atomic E-state index is 0.553. The average Bonchev–Trinajstić information content (AvgIpc) is 2.91. The number of benzene rings is 2. The van der Waals surface area contributed by atoms with Gasteiger partial charge in [0.15, 0.2) is 11.5 Å². The fraction of sp³-hybridized carbons (Fsp3) is 0.188. The van der Waals surface area contributed by atoms with Crippen LogP contribution in [0.15, 0.2) is 36.7 Å². The second kappa shape index (κ2) is 5.38. The Hall–Kier alpha value is -1.91. The predicted molar refractivity (Wildman–Crippen MR) is 86.3 cm³/mol. The Balaban J connectivity index is 1.73. The number of imidazole rings is 1. The van der Waals surface area contributed by atoms with Gasteiger partial charge in [0, 0.05) is 18.7 Å². The molecule has 0 fully saturated rings. The molecule has 2 heterocycles. The molecule has 0 saturated carbocycles. The van der Waals surface area contributed by atoms with Gasteiger partial charge in [0.05, 0.1) is 27.4 Å². The van der Waals surface area contributed by atoms with Gasteiger partial charge < -0.3 is 14.0 Å². The molecule has 2 aromatic carbocycles. The van der Waals surface area contributed by atoms with E-state index in [1.54, 1.807) is 12.4 Å². The molecule has 4 rings (SSSR count).